The van der Waals surface area contributed by atoms with Crippen LogP contribution in [0.25, 0.3) is 11.2 Å². The number of aliphatic hydroxyl groups excluding tert-OH is 1. The quantitative estimate of drug-likeness (QED) is 0.635. The summed E-state index contributed by atoms with van der Waals surface area (Å²) in [6, 6.07) is 4.87. The topological polar surface area (TPSA) is 94.1 Å². The summed E-state index contributed by atoms with van der Waals surface area (Å²) in [4.78, 5) is 30.6. The van der Waals surface area contributed by atoms with Crippen LogP contribution in [0.1, 0.15) is 31.2 Å². The smallest absolute Gasteiger partial charge is 0.332 e. The minimum Gasteiger partial charge on any atom is -0.391 e. The number of aromatic nitrogens is 4. The van der Waals surface area contributed by atoms with Gasteiger partial charge in [-0.15, -0.1) is 0 Å². The van der Waals surface area contributed by atoms with Gasteiger partial charge in [-0.2, -0.15) is 4.98 Å². The number of benzene rings is 1. The van der Waals surface area contributed by atoms with Crippen LogP contribution < -0.4 is 16.6 Å². The van der Waals surface area contributed by atoms with Crippen molar-refractivity contribution in [3.05, 3.63) is 54.6 Å². The monoisotopic (exact) mass is 451 g/mol. The molecule has 0 bridgehead atoms. The Labute approximate surface area is 182 Å². The average molecular weight is 452 g/mol. The molecular weight excluding hydrogens is 429 g/mol. The minimum atomic E-state index is -0.471. The van der Waals surface area contributed by atoms with Crippen molar-refractivity contribution >= 4 is 40.3 Å². The Morgan fingerprint density at radius 3 is 2.57 bits per heavy atom. The molecule has 8 nitrogen and oxygen atoms in total. The second-order valence-corrected chi connectivity index (χ2v) is 8.57. The molecule has 30 heavy (non-hydrogen) atoms. The summed E-state index contributed by atoms with van der Waals surface area (Å²) < 4.78 is 4.16. The summed E-state index contributed by atoms with van der Waals surface area (Å²) in [5.74, 6) is 0.454. The molecule has 160 valence electrons. The van der Waals surface area contributed by atoms with Crippen molar-refractivity contribution in [2.45, 2.75) is 44.4 Å². The van der Waals surface area contributed by atoms with Gasteiger partial charge < -0.3 is 15.0 Å². The molecule has 0 amide bonds. The minimum absolute atomic E-state index is 0.0631. The lowest BCUT2D eigenvalue weighted by molar-refractivity contribution is 0.116. The molecule has 1 aliphatic rings. The zero-order valence-corrected chi connectivity index (χ0v) is 18.2. The van der Waals surface area contributed by atoms with Crippen molar-refractivity contribution in [2.24, 2.45) is 14.1 Å². The Hall–Kier alpha value is -2.29. The van der Waals surface area contributed by atoms with Crippen LogP contribution in [0.5, 0.6) is 0 Å². The molecule has 10 heteroatoms. The fourth-order valence-electron chi connectivity index (χ4n) is 3.98. The third-order valence-corrected chi connectivity index (χ3v) is 6.47. The third kappa shape index (κ3) is 3.64. The molecule has 2 heterocycles. The molecule has 1 fully saturated rings. The van der Waals surface area contributed by atoms with Gasteiger partial charge in [0, 0.05) is 14.1 Å². The van der Waals surface area contributed by atoms with Crippen LogP contribution in [0.2, 0.25) is 10.0 Å². The standard InChI is InChI=1S/C20H23Cl2N5O3/c1-25-16-17(24-19(25)23-14-5-3-4-6-15(14)28)26(2)20(30)27(18(16)29)10-11-7-8-12(21)13(22)9-11/h7-9,14-15,28H,3-6,10H2,1-2H3,(H,23,24)/t14?,15-/m1/s1. The van der Waals surface area contributed by atoms with Crippen molar-refractivity contribution < 1.29 is 5.11 Å². The van der Waals surface area contributed by atoms with Crippen LogP contribution in [0.3, 0.4) is 0 Å². The second-order valence-electron chi connectivity index (χ2n) is 7.75. The summed E-state index contributed by atoms with van der Waals surface area (Å²) in [7, 11) is 3.31. The molecule has 1 saturated carbocycles. The Kier molecular flexibility index (Phi) is 5.65. The molecule has 0 aliphatic heterocycles. The number of anilines is 1. The van der Waals surface area contributed by atoms with E-state index in [1.54, 1.807) is 36.9 Å². The third-order valence-electron chi connectivity index (χ3n) is 5.73. The van der Waals surface area contributed by atoms with Gasteiger partial charge in [0.2, 0.25) is 5.95 Å². The van der Waals surface area contributed by atoms with Crippen molar-refractivity contribution in [1.82, 2.24) is 18.7 Å². The van der Waals surface area contributed by atoms with Gasteiger partial charge >= 0.3 is 5.69 Å². The van der Waals surface area contributed by atoms with E-state index in [9.17, 15) is 14.7 Å². The van der Waals surface area contributed by atoms with Crippen molar-refractivity contribution in [3.63, 3.8) is 0 Å². The second kappa shape index (κ2) is 8.09. The highest BCUT2D eigenvalue weighted by Gasteiger charge is 2.26. The van der Waals surface area contributed by atoms with E-state index in [1.807, 2.05) is 0 Å². The summed E-state index contributed by atoms with van der Waals surface area (Å²) in [5, 5.41) is 14.3. The lowest BCUT2D eigenvalue weighted by atomic mass is 9.93. The summed E-state index contributed by atoms with van der Waals surface area (Å²) in [6.45, 7) is 0.0631. The van der Waals surface area contributed by atoms with E-state index in [1.165, 1.54) is 4.57 Å². The molecule has 4 rings (SSSR count). The van der Waals surface area contributed by atoms with Gasteiger partial charge in [0.1, 0.15) is 0 Å². The number of aliphatic hydroxyl groups is 1. The maximum Gasteiger partial charge on any atom is 0.332 e. The molecule has 2 atom stereocenters. The van der Waals surface area contributed by atoms with Crippen LogP contribution in [-0.4, -0.2) is 35.9 Å². The van der Waals surface area contributed by atoms with Gasteiger partial charge in [-0.3, -0.25) is 13.9 Å². The van der Waals surface area contributed by atoms with Crippen LogP contribution in [0, 0.1) is 0 Å². The normalized spacial score (nSPS) is 19.4. The van der Waals surface area contributed by atoms with Gasteiger partial charge in [0.15, 0.2) is 11.2 Å². The molecule has 1 unspecified atom stereocenters. The lowest BCUT2D eigenvalue weighted by Crippen LogP contribution is -2.39. The van der Waals surface area contributed by atoms with Gasteiger partial charge in [0.25, 0.3) is 5.56 Å². The number of nitrogens with one attached hydrogen (secondary N) is 1. The Balaban J connectivity index is 1.78. The number of hydrogen-bond donors (Lipinski definition) is 2. The van der Waals surface area contributed by atoms with E-state index < -0.39 is 17.4 Å². The fraction of sp³-hybridized carbons (Fsp3) is 0.450. The zero-order chi connectivity index (χ0) is 21.6. The average Bonchev–Trinajstić information content (AvgIpc) is 3.04. The summed E-state index contributed by atoms with van der Waals surface area (Å²) in [5.41, 5.74) is 0.386. The van der Waals surface area contributed by atoms with Crippen molar-refractivity contribution in [3.8, 4) is 0 Å². The molecule has 0 saturated heterocycles. The van der Waals surface area contributed by atoms with E-state index in [2.05, 4.69) is 10.3 Å². The Morgan fingerprint density at radius 1 is 1.13 bits per heavy atom. The number of imidazole rings is 1. The lowest BCUT2D eigenvalue weighted by Gasteiger charge is -2.28. The van der Waals surface area contributed by atoms with Gasteiger partial charge in [-0.25, -0.2) is 4.79 Å². The zero-order valence-electron chi connectivity index (χ0n) is 16.7. The van der Waals surface area contributed by atoms with E-state index in [0.717, 1.165) is 30.3 Å². The fourth-order valence-corrected chi connectivity index (χ4v) is 4.30. The van der Waals surface area contributed by atoms with E-state index >= 15 is 0 Å². The highest BCUT2D eigenvalue weighted by Crippen LogP contribution is 2.24. The molecule has 1 aromatic carbocycles. The van der Waals surface area contributed by atoms with Crippen LogP contribution in [-0.2, 0) is 20.6 Å². The summed E-state index contributed by atoms with van der Waals surface area (Å²) >= 11 is 12.0. The van der Waals surface area contributed by atoms with Gasteiger partial charge in [0.05, 0.1) is 28.7 Å². The molecule has 1 aliphatic carbocycles. The molecular formula is C20H23Cl2N5O3. The number of fused-ring (bicyclic) bond motifs is 1. The van der Waals surface area contributed by atoms with Crippen LogP contribution in [0.4, 0.5) is 5.95 Å². The Morgan fingerprint density at radius 2 is 1.87 bits per heavy atom. The molecule has 3 aromatic rings. The van der Waals surface area contributed by atoms with Crippen LogP contribution >= 0.6 is 23.2 Å². The van der Waals surface area contributed by atoms with Crippen molar-refractivity contribution in [1.29, 1.82) is 0 Å². The largest absolute Gasteiger partial charge is 0.391 e. The van der Waals surface area contributed by atoms with Gasteiger partial charge in [-0.1, -0.05) is 42.1 Å². The number of hydrogen-bond acceptors (Lipinski definition) is 5. The number of aryl methyl sites for hydroxylation is 2. The van der Waals surface area contributed by atoms with Crippen molar-refractivity contribution in [2.75, 3.05) is 5.32 Å². The van der Waals surface area contributed by atoms with E-state index in [4.69, 9.17) is 23.2 Å². The first-order chi connectivity index (χ1) is 14.3. The molecule has 0 radical (unpaired) electrons. The predicted molar refractivity (Wildman–Crippen MR) is 118 cm³/mol. The van der Waals surface area contributed by atoms with Crippen LogP contribution in [0.15, 0.2) is 27.8 Å². The molecule has 2 aromatic heterocycles. The SMILES string of the molecule is Cn1c(NC2CCCC[C@H]2O)nc2c1c(=O)n(Cc1ccc(Cl)c(Cl)c1)c(=O)n2C. The first-order valence-corrected chi connectivity index (χ1v) is 10.6. The highest BCUT2D eigenvalue weighted by molar-refractivity contribution is 6.42. The maximum atomic E-state index is 13.2. The molecule has 0 spiro atoms. The number of rotatable bonds is 4. The van der Waals surface area contributed by atoms with Gasteiger partial charge in [-0.05, 0) is 30.5 Å². The Bertz CT molecular complexity index is 1230. The summed E-state index contributed by atoms with van der Waals surface area (Å²) in [6.07, 6.45) is 3.11. The number of nitrogens with zero attached hydrogens (tertiary/aromatic N) is 4. The highest BCUT2D eigenvalue weighted by atomic mass is 35.5. The van der Waals surface area contributed by atoms with E-state index in [-0.39, 0.29) is 12.6 Å². The number of halogens is 2. The predicted octanol–water partition coefficient (Wildman–Crippen LogP) is 2.50. The maximum absolute atomic E-state index is 13.2. The first kappa shape index (κ1) is 21.0. The molecule has 2 N–H and O–H groups in total. The van der Waals surface area contributed by atoms with E-state index in [0.29, 0.717) is 32.7 Å². The first-order valence-electron chi connectivity index (χ1n) is 9.82.